The van der Waals surface area contributed by atoms with Gasteiger partial charge in [-0.25, -0.2) is 13.2 Å². The number of piperazine rings is 1. The molecule has 1 amide bonds. The Hall–Kier alpha value is -0.820. The fraction of sp³-hybridized carbons (Fsp3) is 0.938. The maximum atomic E-state index is 12.9. The largest absolute Gasteiger partial charge is 0.444 e. The first-order valence-electron chi connectivity index (χ1n) is 8.69. The highest BCUT2D eigenvalue weighted by Crippen LogP contribution is 2.37. The van der Waals surface area contributed by atoms with Gasteiger partial charge in [-0.2, -0.15) is 4.31 Å². The second-order valence-electron chi connectivity index (χ2n) is 8.05. The Labute approximate surface area is 139 Å². The van der Waals surface area contributed by atoms with Crippen LogP contribution in [-0.2, 0) is 14.8 Å². The average molecular weight is 344 g/mol. The minimum atomic E-state index is -3.22. The van der Waals surface area contributed by atoms with Crippen LogP contribution in [0.15, 0.2) is 0 Å². The van der Waals surface area contributed by atoms with E-state index in [1.807, 2.05) is 20.8 Å². The molecule has 7 heteroatoms. The molecule has 0 aromatic heterocycles. The minimum Gasteiger partial charge on any atom is -0.444 e. The zero-order chi connectivity index (χ0) is 16.8. The molecular weight excluding hydrogens is 316 g/mol. The molecule has 1 saturated carbocycles. The summed E-state index contributed by atoms with van der Waals surface area (Å²) in [4.78, 5) is 14.0. The standard InChI is InChI=1S/C16H28N2O4S/c1-16(2,3)22-15(19)17-10-13-9-12(17)11-18(13)23(20,21)14-7-5-4-6-8-14/h12-14H,4-11H2,1-3H3. The van der Waals surface area contributed by atoms with E-state index in [1.54, 1.807) is 9.21 Å². The molecular formula is C16H28N2O4S. The second kappa shape index (κ2) is 5.92. The van der Waals surface area contributed by atoms with Gasteiger partial charge >= 0.3 is 6.09 Å². The maximum Gasteiger partial charge on any atom is 0.410 e. The normalized spacial score (nSPS) is 30.0. The van der Waals surface area contributed by atoms with Gasteiger partial charge in [0.15, 0.2) is 0 Å². The van der Waals surface area contributed by atoms with Crippen molar-refractivity contribution in [2.75, 3.05) is 13.1 Å². The number of rotatable bonds is 2. The van der Waals surface area contributed by atoms with E-state index >= 15 is 0 Å². The Kier molecular flexibility index (Phi) is 4.38. The third-order valence-electron chi connectivity index (χ3n) is 5.12. The van der Waals surface area contributed by atoms with E-state index in [4.69, 9.17) is 4.74 Å². The predicted molar refractivity (Wildman–Crippen MR) is 87.6 cm³/mol. The number of likely N-dealkylation sites (tertiary alicyclic amines) is 1. The lowest BCUT2D eigenvalue weighted by Gasteiger charge is -2.36. The summed E-state index contributed by atoms with van der Waals surface area (Å²) in [5, 5.41) is -0.217. The number of carbonyl (C=O) groups excluding carboxylic acids is 1. The number of ether oxygens (including phenoxy) is 1. The number of carbonyl (C=O) groups is 1. The predicted octanol–water partition coefficient (Wildman–Crippen LogP) is 2.34. The monoisotopic (exact) mass is 344 g/mol. The van der Waals surface area contributed by atoms with E-state index in [9.17, 15) is 13.2 Å². The summed E-state index contributed by atoms with van der Waals surface area (Å²) in [5.74, 6) is 0. The molecule has 2 unspecified atom stereocenters. The van der Waals surface area contributed by atoms with Crippen LogP contribution in [0.3, 0.4) is 0 Å². The van der Waals surface area contributed by atoms with Crippen molar-refractivity contribution in [3.63, 3.8) is 0 Å². The maximum absolute atomic E-state index is 12.9. The quantitative estimate of drug-likeness (QED) is 0.771. The van der Waals surface area contributed by atoms with E-state index in [2.05, 4.69) is 0 Å². The number of hydrogen-bond acceptors (Lipinski definition) is 4. The number of fused-ring (bicyclic) bond motifs is 2. The van der Waals surface area contributed by atoms with Crippen LogP contribution in [0.2, 0.25) is 0 Å². The summed E-state index contributed by atoms with van der Waals surface area (Å²) in [5.41, 5.74) is -0.521. The fourth-order valence-corrected chi connectivity index (χ4v) is 6.30. The first-order chi connectivity index (χ1) is 10.7. The van der Waals surface area contributed by atoms with Crippen molar-refractivity contribution in [3.05, 3.63) is 0 Å². The molecule has 23 heavy (non-hydrogen) atoms. The van der Waals surface area contributed by atoms with Crippen LogP contribution in [0.5, 0.6) is 0 Å². The van der Waals surface area contributed by atoms with Gasteiger partial charge in [-0.15, -0.1) is 0 Å². The van der Waals surface area contributed by atoms with Gasteiger partial charge in [0.2, 0.25) is 10.0 Å². The zero-order valence-corrected chi connectivity index (χ0v) is 15.1. The van der Waals surface area contributed by atoms with Crippen molar-refractivity contribution in [2.24, 2.45) is 0 Å². The number of sulfonamides is 1. The summed E-state index contributed by atoms with van der Waals surface area (Å²) < 4.78 is 32.9. The fourth-order valence-electron chi connectivity index (χ4n) is 4.04. The Morgan fingerprint density at radius 3 is 2.22 bits per heavy atom. The van der Waals surface area contributed by atoms with Crippen LogP contribution in [0.25, 0.3) is 0 Å². The summed E-state index contributed by atoms with van der Waals surface area (Å²) >= 11 is 0. The van der Waals surface area contributed by atoms with Crippen LogP contribution >= 0.6 is 0 Å². The van der Waals surface area contributed by atoms with Gasteiger partial charge in [0.1, 0.15) is 5.60 Å². The van der Waals surface area contributed by atoms with E-state index in [0.717, 1.165) is 38.5 Å². The van der Waals surface area contributed by atoms with Crippen LogP contribution in [0, 0.1) is 0 Å². The van der Waals surface area contributed by atoms with Gasteiger partial charge in [0.05, 0.1) is 11.3 Å². The van der Waals surface area contributed by atoms with Crippen LogP contribution in [0.4, 0.5) is 4.79 Å². The molecule has 0 N–H and O–H groups in total. The van der Waals surface area contributed by atoms with Gasteiger partial charge in [0, 0.05) is 19.1 Å². The van der Waals surface area contributed by atoms with Crippen molar-refractivity contribution >= 4 is 16.1 Å². The molecule has 3 fully saturated rings. The summed E-state index contributed by atoms with van der Waals surface area (Å²) in [7, 11) is -3.22. The molecule has 0 spiro atoms. The Balaban J connectivity index is 1.65. The lowest BCUT2D eigenvalue weighted by molar-refractivity contribution is 0.0172. The zero-order valence-electron chi connectivity index (χ0n) is 14.3. The minimum absolute atomic E-state index is 0.0341. The molecule has 3 rings (SSSR count). The van der Waals surface area contributed by atoms with Crippen LogP contribution < -0.4 is 0 Å². The van der Waals surface area contributed by atoms with Crippen molar-refractivity contribution < 1.29 is 17.9 Å². The molecule has 132 valence electrons. The van der Waals surface area contributed by atoms with E-state index in [1.165, 1.54) is 0 Å². The highest BCUT2D eigenvalue weighted by molar-refractivity contribution is 7.89. The topological polar surface area (TPSA) is 66.9 Å². The van der Waals surface area contributed by atoms with Gasteiger partial charge < -0.3 is 9.64 Å². The number of amides is 1. The summed E-state index contributed by atoms with van der Waals surface area (Å²) in [6.45, 7) is 6.44. The molecule has 2 bridgehead atoms. The van der Waals surface area contributed by atoms with Crippen molar-refractivity contribution in [3.8, 4) is 0 Å². The smallest absolute Gasteiger partial charge is 0.410 e. The van der Waals surface area contributed by atoms with E-state index in [0.29, 0.717) is 13.1 Å². The van der Waals surface area contributed by atoms with Crippen LogP contribution in [0.1, 0.15) is 59.3 Å². The number of nitrogens with zero attached hydrogens (tertiary/aromatic N) is 2. The SMILES string of the molecule is CC(C)(C)OC(=O)N1CC2CC1CN2S(=O)(=O)C1CCCCC1. The Morgan fingerprint density at radius 2 is 1.70 bits per heavy atom. The van der Waals surface area contributed by atoms with Crippen molar-refractivity contribution in [1.29, 1.82) is 0 Å². The highest BCUT2D eigenvalue weighted by atomic mass is 32.2. The third kappa shape index (κ3) is 3.36. The van der Waals surface area contributed by atoms with E-state index < -0.39 is 15.6 Å². The molecule has 1 aliphatic carbocycles. The molecule has 2 atom stereocenters. The first-order valence-corrected chi connectivity index (χ1v) is 10.2. The molecule has 2 heterocycles. The van der Waals surface area contributed by atoms with Gasteiger partial charge in [-0.05, 0) is 40.0 Å². The Morgan fingerprint density at radius 1 is 1.04 bits per heavy atom. The second-order valence-corrected chi connectivity index (χ2v) is 10.2. The highest BCUT2D eigenvalue weighted by Gasteiger charge is 2.51. The van der Waals surface area contributed by atoms with Crippen molar-refractivity contribution in [1.82, 2.24) is 9.21 Å². The molecule has 0 aromatic carbocycles. The average Bonchev–Trinajstić information content (AvgIpc) is 3.07. The van der Waals surface area contributed by atoms with Gasteiger partial charge in [0.25, 0.3) is 0 Å². The first kappa shape index (κ1) is 17.0. The molecule has 0 radical (unpaired) electrons. The van der Waals surface area contributed by atoms with Gasteiger partial charge in [-0.1, -0.05) is 19.3 Å². The van der Waals surface area contributed by atoms with Crippen molar-refractivity contribution in [2.45, 2.75) is 82.2 Å². The molecule has 2 aliphatic heterocycles. The van der Waals surface area contributed by atoms with E-state index in [-0.39, 0.29) is 23.4 Å². The van der Waals surface area contributed by atoms with Gasteiger partial charge in [-0.3, -0.25) is 0 Å². The van der Waals surface area contributed by atoms with Crippen LogP contribution in [-0.4, -0.2) is 59.7 Å². The summed E-state index contributed by atoms with van der Waals surface area (Å²) in [6.07, 6.45) is 5.15. The molecule has 2 saturated heterocycles. The lowest BCUT2D eigenvalue weighted by atomic mass is 10.0. The lowest BCUT2D eigenvalue weighted by Crippen LogP contribution is -2.53. The molecule has 0 aromatic rings. The third-order valence-corrected chi connectivity index (χ3v) is 7.53. The Bertz CT molecular complexity index is 563. The number of hydrogen-bond donors (Lipinski definition) is 0. The molecule has 3 aliphatic rings. The summed E-state index contributed by atoms with van der Waals surface area (Å²) in [6, 6.07) is -0.104. The molecule has 6 nitrogen and oxygen atoms in total.